The molecule has 2 rings (SSSR count). The Kier molecular flexibility index (Phi) is 4.66. The van der Waals surface area contributed by atoms with Gasteiger partial charge in [0.05, 0.1) is 16.9 Å². The summed E-state index contributed by atoms with van der Waals surface area (Å²) in [7, 11) is 0. The molecule has 0 amide bonds. The van der Waals surface area contributed by atoms with Crippen molar-refractivity contribution >= 4 is 17.3 Å². The number of nitrogens with one attached hydrogen (secondary N) is 1. The van der Waals surface area contributed by atoms with Gasteiger partial charge >= 0.3 is 5.97 Å². The van der Waals surface area contributed by atoms with E-state index in [1.807, 2.05) is 0 Å². The maximum absolute atomic E-state index is 11.0. The predicted octanol–water partition coefficient (Wildman–Crippen LogP) is 3.49. The van der Waals surface area contributed by atoms with Gasteiger partial charge in [-0.05, 0) is 31.0 Å². The van der Waals surface area contributed by atoms with Crippen molar-refractivity contribution in [1.82, 2.24) is 0 Å². The summed E-state index contributed by atoms with van der Waals surface area (Å²) in [5.74, 6) is -0.916. The minimum absolute atomic E-state index is 0.280. The first kappa shape index (κ1) is 13.7. The maximum atomic E-state index is 11.0. The molecule has 0 saturated heterocycles. The molecular formula is C15H22N2O2. The molecule has 0 heterocycles. The van der Waals surface area contributed by atoms with Crippen LogP contribution >= 0.6 is 0 Å². The van der Waals surface area contributed by atoms with E-state index in [4.69, 9.17) is 10.8 Å². The van der Waals surface area contributed by atoms with Crippen molar-refractivity contribution in [2.24, 2.45) is 0 Å². The molecule has 1 fully saturated rings. The van der Waals surface area contributed by atoms with E-state index in [2.05, 4.69) is 5.32 Å². The average molecular weight is 262 g/mol. The lowest BCUT2D eigenvalue weighted by Crippen LogP contribution is -2.21. The number of carboxylic acids is 1. The Morgan fingerprint density at radius 2 is 1.79 bits per heavy atom. The van der Waals surface area contributed by atoms with Crippen LogP contribution in [0.1, 0.15) is 55.3 Å². The van der Waals surface area contributed by atoms with E-state index in [1.54, 1.807) is 18.2 Å². The highest BCUT2D eigenvalue weighted by molar-refractivity contribution is 5.90. The van der Waals surface area contributed by atoms with E-state index in [-0.39, 0.29) is 5.56 Å². The van der Waals surface area contributed by atoms with Crippen LogP contribution in [0, 0.1) is 0 Å². The molecular weight excluding hydrogens is 240 g/mol. The molecule has 1 aromatic rings. The van der Waals surface area contributed by atoms with Gasteiger partial charge < -0.3 is 16.2 Å². The van der Waals surface area contributed by atoms with Crippen LogP contribution in [0.2, 0.25) is 0 Å². The quantitative estimate of drug-likeness (QED) is 0.729. The Morgan fingerprint density at radius 3 is 2.42 bits per heavy atom. The average Bonchev–Trinajstić information content (AvgIpc) is 2.34. The van der Waals surface area contributed by atoms with Crippen LogP contribution in [0.5, 0.6) is 0 Å². The van der Waals surface area contributed by atoms with Crippen LogP contribution in [-0.2, 0) is 0 Å². The van der Waals surface area contributed by atoms with Crippen molar-refractivity contribution in [2.45, 2.75) is 51.0 Å². The van der Waals surface area contributed by atoms with Crippen LogP contribution in [0.4, 0.5) is 11.4 Å². The zero-order valence-electron chi connectivity index (χ0n) is 11.2. The maximum Gasteiger partial charge on any atom is 0.335 e. The Hall–Kier alpha value is -1.71. The molecule has 1 aliphatic carbocycles. The summed E-state index contributed by atoms with van der Waals surface area (Å²) in [5, 5.41) is 12.4. The Labute approximate surface area is 114 Å². The Balaban J connectivity index is 2.07. The number of nitrogen functional groups attached to an aromatic ring is 1. The van der Waals surface area contributed by atoms with Crippen LogP contribution in [0.15, 0.2) is 18.2 Å². The largest absolute Gasteiger partial charge is 0.478 e. The fraction of sp³-hybridized carbons (Fsp3) is 0.533. The Morgan fingerprint density at radius 1 is 1.16 bits per heavy atom. The molecule has 0 aliphatic heterocycles. The number of carbonyl (C=O) groups is 1. The SMILES string of the molecule is Nc1ccc(C(=O)O)cc1NC1CCCCCCC1. The molecule has 0 unspecified atom stereocenters. The van der Waals surface area contributed by atoms with Gasteiger partial charge in [-0.3, -0.25) is 0 Å². The van der Waals surface area contributed by atoms with Crippen LogP contribution in [0.3, 0.4) is 0 Å². The summed E-state index contributed by atoms with van der Waals surface area (Å²) < 4.78 is 0. The van der Waals surface area contributed by atoms with Gasteiger partial charge in [0.2, 0.25) is 0 Å². The van der Waals surface area contributed by atoms with Gasteiger partial charge in [0.1, 0.15) is 0 Å². The minimum atomic E-state index is -0.916. The number of aromatic carboxylic acids is 1. The number of carboxylic acid groups (broad SMARTS) is 1. The molecule has 0 aromatic heterocycles. The van der Waals surface area contributed by atoms with Crippen LogP contribution < -0.4 is 11.1 Å². The first-order chi connectivity index (χ1) is 9.16. The summed E-state index contributed by atoms with van der Waals surface area (Å²) in [6, 6.07) is 5.25. The highest BCUT2D eigenvalue weighted by Gasteiger charge is 2.13. The van der Waals surface area contributed by atoms with Crippen LogP contribution in [0.25, 0.3) is 0 Å². The van der Waals surface area contributed by atoms with Crippen molar-refractivity contribution in [3.63, 3.8) is 0 Å². The number of anilines is 2. The third kappa shape index (κ3) is 3.88. The van der Waals surface area contributed by atoms with Gasteiger partial charge in [-0.1, -0.05) is 32.1 Å². The second kappa shape index (κ2) is 6.45. The highest BCUT2D eigenvalue weighted by Crippen LogP contribution is 2.25. The monoisotopic (exact) mass is 262 g/mol. The summed E-state index contributed by atoms with van der Waals surface area (Å²) >= 11 is 0. The molecule has 19 heavy (non-hydrogen) atoms. The molecule has 0 spiro atoms. The lowest BCUT2D eigenvalue weighted by molar-refractivity contribution is 0.0697. The number of rotatable bonds is 3. The standard InChI is InChI=1S/C15H22N2O2/c16-13-9-8-11(15(18)19)10-14(13)17-12-6-4-2-1-3-5-7-12/h8-10,12,17H,1-7,16H2,(H,18,19). The van der Waals surface area contributed by atoms with E-state index >= 15 is 0 Å². The normalized spacial score (nSPS) is 17.5. The first-order valence-electron chi connectivity index (χ1n) is 7.06. The molecule has 1 saturated carbocycles. The molecule has 4 nitrogen and oxygen atoms in total. The van der Waals surface area contributed by atoms with Crippen molar-refractivity contribution < 1.29 is 9.90 Å². The van der Waals surface area contributed by atoms with E-state index in [1.165, 1.54) is 32.1 Å². The lowest BCUT2D eigenvalue weighted by atomic mass is 9.96. The summed E-state index contributed by atoms with van der Waals surface area (Å²) in [5.41, 5.74) is 7.57. The van der Waals surface area contributed by atoms with Crippen LogP contribution in [-0.4, -0.2) is 17.1 Å². The van der Waals surface area contributed by atoms with Gasteiger partial charge in [-0.2, -0.15) is 0 Å². The molecule has 4 N–H and O–H groups in total. The van der Waals surface area contributed by atoms with E-state index in [9.17, 15) is 4.79 Å². The second-order valence-corrected chi connectivity index (χ2v) is 5.29. The first-order valence-corrected chi connectivity index (χ1v) is 7.06. The van der Waals surface area contributed by atoms with Gasteiger partial charge in [0, 0.05) is 6.04 Å². The zero-order chi connectivity index (χ0) is 13.7. The number of hydrogen-bond donors (Lipinski definition) is 3. The second-order valence-electron chi connectivity index (χ2n) is 5.29. The van der Waals surface area contributed by atoms with Crippen molar-refractivity contribution in [3.05, 3.63) is 23.8 Å². The topological polar surface area (TPSA) is 75.4 Å². The van der Waals surface area contributed by atoms with Gasteiger partial charge in [0.25, 0.3) is 0 Å². The number of nitrogens with two attached hydrogens (primary N) is 1. The molecule has 0 bridgehead atoms. The predicted molar refractivity (Wildman–Crippen MR) is 77.5 cm³/mol. The summed E-state index contributed by atoms with van der Waals surface area (Å²) in [4.78, 5) is 11.0. The Bertz CT molecular complexity index is 438. The zero-order valence-corrected chi connectivity index (χ0v) is 11.2. The van der Waals surface area contributed by atoms with E-state index in [0.29, 0.717) is 11.7 Å². The number of benzene rings is 1. The van der Waals surface area contributed by atoms with Crippen molar-refractivity contribution in [1.29, 1.82) is 0 Å². The lowest BCUT2D eigenvalue weighted by Gasteiger charge is -2.23. The smallest absolute Gasteiger partial charge is 0.335 e. The van der Waals surface area contributed by atoms with E-state index < -0.39 is 5.97 Å². The van der Waals surface area contributed by atoms with Gasteiger partial charge in [-0.25, -0.2) is 4.79 Å². The van der Waals surface area contributed by atoms with E-state index in [0.717, 1.165) is 18.5 Å². The third-order valence-corrected chi connectivity index (χ3v) is 3.77. The third-order valence-electron chi connectivity index (χ3n) is 3.77. The fourth-order valence-corrected chi connectivity index (χ4v) is 2.63. The molecule has 0 radical (unpaired) electrons. The summed E-state index contributed by atoms with van der Waals surface area (Å²) in [6.07, 6.45) is 8.66. The fourth-order valence-electron chi connectivity index (χ4n) is 2.63. The summed E-state index contributed by atoms with van der Waals surface area (Å²) in [6.45, 7) is 0. The van der Waals surface area contributed by atoms with Crippen molar-refractivity contribution in [3.8, 4) is 0 Å². The molecule has 104 valence electrons. The van der Waals surface area contributed by atoms with Crippen molar-refractivity contribution in [2.75, 3.05) is 11.1 Å². The van der Waals surface area contributed by atoms with Gasteiger partial charge in [-0.15, -0.1) is 0 Å². The number of hydrogen-bond acceptors (Lipinski definition) is 3. The molecule has 0 atom stereocenters. The highest BCUT2D eigenvalue weighted by atomic mass is 16.4. The molecule has 1 aromatic carbocycles. The minimum Gasteiger partial charge on any atom is -0.478 e. The molecule has 4 heteroatoms. The van der Waals surface area contributed by atoms with Gasteiger partial charge in [0.15, 0.2) is 0 Å². The molecule has 1 aliphatic rings.